The molecule has 0 aliphatic heterocycles. The van der Waals surface area contributed by atoms with E-state index in [1.165, 1.54) is 11.3 Å². The Morgan fingerprint density at radius 3 is 2.70 bits per heavy atom. The van der Waals surface area contributed by atoms with E-state index in [0.717, 1.165) is 27.8 Å². The molecule has 0 aliphatic rings. The molecule has 2 rings (SSSR count). The van der Waals surface area contributed by atoms with Crippen molar-refractivity contribution < 1.29 is 14.4 Å². The summed E-state index contributed by atoms with van der Waals surface area (Å²) in [5.74, 6) is -0.0573. The van der Waals surface area contributed by atoms with Gasteiger partial charge in [-0.15, -0.1) is 11.3 Å². The molecule has 0 aromatic carbocycles. The molecule has 0 atom stereocenters. The fourth-order valence-corrected chi connectivity index (χ4v) is 2.71. The highest BCUT2D eigenvalue weighted by molar-refractivity contribution is 7.13. The number of thiazole rings is 1. The summed E-state index contributed by atoms with van der Waals surface area (Å²) in [6, 6.07) is 0. The van der Waals surface area contributed by atoms with Gasteiger partial charge < -0.3 is 14.5 Å². The molecule has 2 aromatic heterocycles. The first-order chi connectivity index (χ1) is 9.47. The Balaban J connectivity index is 2.20. The van der Waals surface area contributed by atoms with Crippen molar-refractivity contribution in [3.63, 3.8) is 0 Å². The van der Waals surface area contributed by atoms with E-state index in [2.05, 4.69) is 10.1 Å². The lowest BCUT2D eigenvalue weighted by atomic mass is 10.2. The normalized spacial score (nSPS) is 10.8. The number of carboxylic acids is 1. The maximum Gasteiger partial charge on any atom is 0.305 e. The number of nitrogens with zero attached hydrogens (tertiary/aromatic N) is 3. The third kappa shape index (κ3) is 3.36. The van der Waals surface area contributed by atoms with Crippen LogP contribution in [-0.2, 0) is 11.3 Å². The molecule has 2 aromatic rings. The van der Waals surface area contributed by atoms with E-state index in [1.54, 1.807) is 0 Å². The van der Waals surface area contributed by atoms with Gasteiger partial charge in [0.1, 0.15) is 5.76 Å². The smallest absolute Gasteiger partial charge is 0.305 e. The number of carbonyl (C=O) groups is 1. The lowest BCUT2D eigenvalue weighted by molar-refractivity contribution is -0.136. The van der Waals surface area contributed by atoms with Crippen LogP contribution < -0.4 is 4.90 Å². The van der Waals surface area contributed by atoms with Crippen molar-refractivity contribution in [2.45, 2.75) is 33.7 Å². The largest absolute Gasteiger partial charge is 0.481 e. The molecule has 2 heterocycles. The number of aryl methyl sites for hydroxylation is 3. The third-order valence-electron chi connectivity index (χ3n) is 3.00. The lowest BCUT2D eigenvalue weighted by Gasteiger charge is -2.20. The second-order valence-electron chi connectivity index (χ2n) is 4.64. The van der Waals surface area contributed by atoms with Crippen LogP contribution in [-0.4, -0.2) is 27.8 Å². The van der Waals surface area contributed by atoms with E-state index >= 15 is 0 Å². The highest BCUT2D eigenvalue weighted by Gasteiger charge is 2.17. The van der Waals surface area contributed by atoms with E-state index in [-0.39, 0.29) is 6.42 Å². The lowest BCUT2D eigenvalue weighted by Crippen LogP contribution is -2.26. The van der Waals surface area contributed by atoms with Crippen LogP contribution in [0.3, 0.4) is 0 Å². The quantitative estimate of drug-likeness (QED) is 0.882. The average molecular weight is 295 g/mol. The van der Waals surface area contributed by atoms with Crippen molar-refractivity contribution in [1.82, 2.24) is 10.1 Å². The number of rotatable bonds is 6. The van der Waals surface area contributed by atoms with Crippen LogP contribution in [0.4, 0.5) is 5.13 Å². The summed E-state index contributed by atoms with van der Waals surface area (Å²) in [6.45, 7) is 6.63. The number of aromatic nitrogens is 2. The highest BCUT2D eigenvalue weighted by Crippen LogP contribution is 2.24. The molecule has 7 heteroatoms. The third-order valence-corrected chi connectivity index (χ3v) is 4.02. The number of aliphatic carboxylic acids is 1. The summed E-state index contributed by atoms with van der Waals surface area (Å²) in [5, 5.41) is 15.6. The average Bonchev–Trinajstić information content (AvgIpc) is 2.94. The van der Waals surface area contributed by atoms with Crippen molar-refractivity contribution in [3.8, 4) is 0 Å². The second kappa shape index (κ2) is 6.04. The van der Waals surface area contributed by atoms with Crippen LogP contribution in [0.1, 0.15) is 29.1 Å². The summed E-state index contributed by atoms with van der Waals surface area (Å²) in [4.78, 5) is 17.2. The van der Waals surface area contributed by atoms with Crippen molar-refractivity contribution in [3.05, 3.63) is 28.1 Å². The van der Waals surface area contributed by atoms with Gasteiger partial charge in [0.25, 0.3) is 0 Å². The zero-order valence-electron chi connectivity index (χ0n) is 11.7. The van der Waals surface area contributed by atoms with E-state index in [0.29, 0.717) is 13.1 Å². The monoisotopic (exact) mass is 295 g/mol. The standard InChI is InChI=1S/C13H17N3O3S/c1-8-7-20-13(14-8)16(5-4-12(17)18)6-11-9(2)15-19-10(11)3/h7H,4-6H2,1-3H3,(H,17,18). The Bertz CT molecular complexity index is 586. The Labute approximate surface area is 121 Å². The first-order valence-electron chi connectivity index (χ1n) is 6.28. The molecule has 0 spiro atoms. The SMILES string of the molecule is Cc1csc(N(CCC(=O)O)Cc2c(C)noc2C)n1. The summed E-state index contributed by atoms with van der Waals surface area (Å²) in [5.41, 5.74) is 2.75. The summed E-state index contributed by atoms with van der Waals surface area (Å²) in [6.07, 6.45) is 0.0714. The van der Waals surface area contributed by atoms with Crippen LogP contribution in [0.25, 0.3) is 0 Å². The van der Waals surface area contributed by atoms with Crippen LogP contribution in [0.15, 0.2) is 9.90 Å². The van der Waals surface area contributed by atoms with Gasteiger partial charge in [0, 0.05) is 17.5 Å². The van der Waals surface area contributed by atoms with Gasteiger partial charge in [-0.1, -0.05) is 5.16 Å². The van der Waals surface area contributed by atoms with Crippen molar-refractivity contribution in [1.29, 1.82) is 0 Å². The van der Waals surface area contributed by atoms with Crippen molar-refractivity contribution in [2.75, 3.05) is 11.4 Å². The van der Waals surface area contributed by atoms with Gasteiger partial charge in [-0.05, 0) is 20.8 Å². The molecule has 20 heavy (non-hydrogen) atoms. The molecule has 0 unspecified atom stereocenters. The predicted molar refractivity (Wildman–Crippen MR) is 76.1 cm³/mol. The number of hydrogen-bond donors (Lipinski definition) is 1. The fourth-order valence-electron chi connectivity index (χ4n) is 1.88. The van der Waals surface area contributed by atoms with Crippen LogP contribution in [0.2, 0.25) is 0 Å². The second-order valence-corrected chi connectivity index (χ2v) is 5.48. The maximum atomic E-state index is 10.8. The maximum absolute atomic E-state index is 10.8. The van der Waals surface area contributed by atoms with Crippen LogP contribution in [0, 0.1) is 20.8 Å². The molecule has 0 fully saturated rings. The van der Waals surface area contributed by atoms with Gasteiger partial charge in [0.2, 0.25) is 0 Å². The molecule has 108 valence electrons. The Kier molecular flexibility index (Phi) is 4.39. The molecular weight excluding hydrogens is 278 g/mol. The van der Waals surface area contributed by atoms with Crippen molar-refractivity contribution in [2.24, 2.45) is 0 Å². The summed E-state index contributed by atoms with van der Waals surface area (Å²) >= 11 is 1.51. The minimum Gasteiger partial charge on any atom is -0.481 e. The molecule has 0 amide bonds. The van der Waals surface area contributed by atoms with Gasteiger partial charge in [0.05, 0.1) is 24.4 Å². The number of carboxylic acid groups (broad SMARTS) is 1. The predicted octanol–water partition coefficient (Wildman–Crippen LogP) is 2.54. The van der Waals surface area contributed by atoms with Crippen molar-refractivity contribution >= 4 is 22.4 Å². The fraction of sp³-hybridized carbons (Fsp3) is 0.462. The van der Waals surface area contributed by atoms with E-state index in [1.807, 2.05) is 31.1 Å². The molecule has 0 radical (unpaired) electrons. The highest BCUT2D eigenvalue weighted by atomic mass is 32.1. The van der Waals surface area contributed by atoms with Gasteiger partial charge in [-0.25, -0.2) is 4.98 Å². The number of hydrogen-bond acceptors (Lipinski definition) is 6. The summed E-state index contributed by atoms with van der Waals surface area (Å²) < 4.78 is 5.15. The molecule has 1 N–H and O–H groups in total. The Morgan fingerprint density at radius 2 is 2.20 bits per heavy atom. The minimum atomic E-state index is -0.818. The molecule has 0 bridgehead atoms. The topological polar surface area (TPSA) is 79.5 Å². The number of anilines is 1. The zero-order valence-corrected chi connectivity index (χ0v) is 12.5. The van der Waals surface area contributed by atoms with Gasteiger partial charge in [-0.2, -0.15) is 0 Å². The molecule has 0 aliphatic carbocycles. The van der Waals surface area contributed by atoms with Gasteiger partial charge in [-0.3, -0.25) is 4.79 Å². The Morgan fingerprint density at radius 1 is 1.45 bits per heavy atom. The van der Waals surface area contributed by atoms with Gasteiger partial charge in [0.15, 0.2) is 5.13 Å². The zero-order chi connectivity index (χ0) is 14.7. The van der Waals surface area contributed by atoms with Crippen LogP contribution in [0.5, 0.6) is 0 Å². The molecule has 6 nitrogen and oxygen atoms in total. The molecule has 0 saturated carbocycles. The van der Waals surface area contributed by atoms with Crippen LogP contribution >= 0.6 is 11.3 Å². The summed E-state index contributed by atoms with van der Waals surface area (Å²) in [7, 11) is 0. The van der Waals surface area contributed by atoms with E-state index in [4.69, 9.17) is 9.63 Å². The molecule has 0 saturated heterocycles. The first-order valence-corrected chi connectivity index (χ1v) is 7.16. The van der Waals surface area contributed by atoms with Gasteiger partial charge >= 0.3 is 5.97 Å². The van der Waals surface area contributed by atoms with E-state index < -0.39 is 5.97 Å². The first kappa shape index (κ1) is 14.5. The van der Waals surface area contributed by atoms with E-state index in [9.17, 15) is 4.79 Å². The minimum absolute atomic E-state index is 0.0714. The Hall–Kier alpha value is -1.89. The molecular formula is C13H17N3O3S.